The van der Waals surface area contributed by atoms with Gasteiger partial charge in [0.2, 0.25) is 0 Å². The molecular weight excluding hydrogens is 312 g/mol. The van der Waals surface area contributed by atoms with Crippen LogP contribution in [0.15, 0.2) is 0 Å². The fourth-order valence-electron chi connectivity index (χ4n) is 3.44. The summed E-state index contributed by atoms with van der Waals surface area (Å²) in [6.07, 6.45) is 24.3. The maximum absolute atomic E-state index is 8.75. The molecule has 152 valence electrons. The van der Waals surface area contributed by atoms with Gasteiger partial charge in [0, 0.05) is 6.61 Å². The quantitative estimate of drug-likeness (QED) is 0.172. The van der Waals surface area contributed by atoms with E-state index < -0.39 is 6.29 Å². The smallest absolute Gasteiger partial charge is 0.151 e. The van der Waals surface area contributed by atoms with E-state index in [1.54, 1.807) is 0 Å². The van der Waals surface area contributed by atoms with Crippen molar-refractivity contribution in [3.8, 4) is 0 Å². The zero-order valence-electron chi connectivity index (χ0n) is 16.8. The van der Waals surface area contributed by atoms with Crippen molar-refractivity contribution < 1.29 is 15.3 Å². The predicted octanol–water partition coefficient (Wildman–Crippen LogP) is 6.09. The molecule has 0 atom stereocenters. The summed E-state index contributed by atoms with van der Waals surface area (Å²) >= 11 is 0. The molecular formula is C22H46O3. The highest BCUT2D eigenvalue weighted by atomic mass is 16.5. The van der Waals surface area contributed by atoms with Crippen LogP contribution in [0.4, 0.5) is 0 Å². The Hall–Kier alpha value is -0.120. The van der Waals surface area contributed by atoms with Crippen molar-refractivity contribution >= 4 is 0 Å². The van der Waals surface area contributed by atoms with E-state index in [9.17, 15) is 0 Å². The van der Waals surface area contributed by atoms with Gasteiger partial charge in [-0.05, 0) is 19.3 Å². The summed E-state index contributed by atoms with van der Waals surface area (Å²) in [4.78, 5) is 0. The summed E-state index contributed by atoms with van der Waals surface area (Å²) in [6, 6.07) is 0. The van der Waals surface area contributed by atoms with Crippen LogP contribution >= 0.6 is 0 Å². The Labute approximate surface area is 157 Å². The van der Waals surface area contributed by atoms with E-state index in [1.165, 1.54) is 103 Å². The Morgan fingerprint density at radius 1 is 0.360 bits per heavy atom. The van der Waals surface area contributed by atoms with E-state index in [4.69, 9.17) is 15.3 Å². The number of aliphatic hydroxyl groups excluding tert-OH is 2. The van der Waals surface area contributed by atoms with Gasteiger partial charge in [-0.2, -0.15) is 0 Å². The molecule has 0 aliphatic carbocycles. The number of aliphatic hydroxyl groups is 3. The first-order chi connectivity index (χ1) is 12.3. The minimum atomic E-state index is -1.11. The monoisotopic (exact) mass is 358 g/mol. The normalized spacial score (nSPS) is 11.5. The van der Waals surface area contributed by atoms with Gasteiger partial charge in [0.25, 0.3) is 0 Å². The molecule has 0 unspecified atom stereocenters. The van der Waals surface area contributed by atoms with Gasteiger partial charge in [-0.1, -0.05) is 109 Å². The van der Waals surface area contributed by atoms with Crippen LogP contribution in [0, 0.1) is 0 Å². The van der Waals surface area contributed by atoms with Crippen LogP contribution in [0.3, 0.4) is 0 Å². The van der Waals surface area contributed by atoms with Crippen LogP contribution in [-0.2, 0) is 0 Å². The lowest BCUT2D eigenvalue weighted by Gasteiger charge is -2.04. The van der Waals surface area contributed by atoms with E-state index in [2.05, 4.69) is 0 Å². The van der Waals surface area contributed by atoms with Crippen molar-refractivity contribution in [1.82, 2.24) is 0 Å². The molecule has 0 saturated carbocycles. The standard InChI is InChI=1S/C22H46O3/c23-21-19-17-15-13-11-9-7-5-3-1-2-4-6-8-10-12-14-16-18-20-22(24)25/h22-25H,1-21H2. The fraction of sp³-hybridized carbons (Fsp3) is 1.00. The molecule has 0 saturated heterocycles. The Morgan fingerprint density at radius 2 is 0.600 bits per heavy atom. The molecule has 0 fully saturated rings. The third-order valence-electron chi connectivity index (χ3n) is 5.12. The van der Waals surface area contributed by atoms with Gasteiger partial charge in [0.15, 0.2) is 6.29 Å². The van der Waals surface area contributed by atoms with Crippen LogP contribution in [0.5, 0.6) is 0 Å². The summed E-state index contributed by atoms with van der Waals surface area (Å²) < 4.78 is 0. The molecule has 3 nitrogen and oxygen atoms in total. The Morgan fingerprint density at radius 3 is 0.840 bits per heavy atom. The van der Waals surface area contributed by atoms with Crippen molar-refractivity contribution in [2.24, 2.45) is 0 Å². The third kappa shape index (κ3) is 23.9. The molecule has 0 spiro atoms. The molecule has 3 heteroatoms. The molecule has 0 aliphatic heterocycles. The number of rotatable bonds is 21. The van der Waals surface area contributed by atoms with Crippen LogP contribution in [-0.4, -0.2) is 28.2 Å². The number of hydrogen-bond acceptors (Lipinski definition) is 3. The number of hydrogen-bond donors (Lipinski definition) is 3. The van der Waals surface area contributed by atoms with Gasteiger partial charge >= 0.3 is 0 Å². The maximum Gasteiger partial charge on any atom is 0.151 e. The average Bonchev–Trinajstić information content (AvgIpc) is 2.60. The van der Waals surface area contributed by atoms with E-state index in [1.807, 2.05) is 0 Å². The van der Waals surface area contributed by atoms with Gasteiger partial charge in [0.1, 0.15) is 0 Å². The van der Waals surface area contributed by atoms with Crippen molar-refractivity contribution in [2.45, 2.75) is 135 Å². The molecule has 0 bridgehead atoms. The SMILES string of the molecule is OCCCCCCCCCCCCCCCCCCCCCC(O)O. The molecule has 0 aromatic heterocycles. The summed E-state index contributed by atoms with van der Waals surface area (Å²) in [5.74, 6) is 0. The molecule has 0 aliphatic rings. The van der Waals surface area contributed by atoms with Crippen LogP contribution in [0.1, 0.15) is 128 Å². The van der Waals surface area contributed by atoms with E-state index in [-0.39, 0.29) is 0 Å². The molecule has 0 aromatic rings. The lowest BCUT2D eigenvalue weighted by atomic mass is 10.0. The number of unbranched alkanes of at least 4 members (excludes halogenated alkanes) is 18. The highest BCUT2D eigenvalue weighted by Crippen LogP contribution is 2.14. The van der Waals surface area contributed by atoms with E-state index in [0.29, 0.717) is 13.0 Å². The Kier molecular flexibility index (Phi) is 21.8. The summed E-state index contributed by atoms with van der Waals surface area (Å²) in [5.41, 5.74) is 0. The minimum absolute atomic E-state index is 0.358. The third-order valence-corrected chi connectivity index (χ3v) is 5.12. The first kappa shape index (κ1) is 24.9. The first-order valence-electron chi connectivity index (χ1n) is 11.2. The zero-order valence-corrected chi connectivity index (χ0v) is 16.8. The van der Waals surface area contributed by atoms with E-state index >= 15 is 0 Å². The second kappa shape index (κ2) is 21.9. The molecule has 3 N–H and O–H groups in total. The van der Waals surface area contributed by atoms with Crippen LogP contribution in [0.2, 0.25) is 0 Å². The Balaban J connectivity index is 2.96. The summed E-state index contributed by atoms with van der Waals surface area (Å²) in [5, 5.41) is 26.2. The first-order valence-corrected chi connectivity index (χ1v) is 11.2. The van der Waals surface area contributed by atoms with Crippen molar-refractivity contribution in [3.63, 3.8) is 0 Å². The van der Waals surface area contributed by atoms with Gasteiger partial charge < -0.3 is 15.3 Å². The average molecular weight is 359 g/mol. The van der Waals surface area contributed by atoms with Gasteiger partial charge in [-0.3, -0.25) is 0 Å². The highest BCUT2D eigenvalue weighted by molar-refractivity contribution is 4.51. The van der Waals surface area contributed by atoms with Gasteiger partial charge in [-0.25, -0.2) is 0 Å². The van der Waals surface area contributed by atoms with Crippen LogP contribution < -0.4 is 0 Å². The second-order valence-electron chi connectivity index (χ2n) is 7.71. The summed E-state index contributed by atoms with van der Waals surface area (Å²) in [7, 11) is 0. The van der Waals surface area contributed by atoms with Crippen molar-refractivity contribution in [1.29, 1.82) is 0 Å². The molecule has 0 heterocycles. The maximum atomic E-state index is 8.75. The van der Waals surface area contributed by atoms with Crippen molar-refractivity contribution in [3.05, 3.63) is 0 Å². The predicted molar refractivity (Wildman–Crippen MR) is 108 cm³/mol. The molecule has 0 aromatic carbocycles. The van der Waals surface area contributed by atoms with Gasteiger partial charge in [0.05, 0.1) is 0 Å². The highest BCUT2D eigenvalue weighted by Gasteiger charge is 1.97. The molecule has 0 radical (unpaired) electrons. The van der Waals surface area contributed by atoms with Gasteiger partial charge in [-0.15, -0.1) is 0 Å². The molecule has 0 amide bonds. The topological polar surface area (TPSA) is 60.7 Å². The van der Waals surface area contributed by atoms with Crippen LogP contribution in [0.25, 0.3) is 0 Å². The van der Waals surface area contributed by atoms with Crippen molar-refractivity contribution in [2.75, 3.05) is 6.61 Å². The van der Waals surface area contributed by atoms with E-state index in [0.717, 1.165) is 19.3 Å². The summed E-state index contributed by atoms with van der Waals surface area (Å²) in [6.45, 7) is 0.358. The molecule has 25 heavy (non-hydrogen) atoms. The Bertz CT molecular complexity index is 231. The largest absolute Gasteiger partial charge is 0.396 e. The lowest BCUT2D eigenvalue weighted by Crippen LogP contribution is -2.02. The minimum Gasteiger partial charge on any atom is -0.396 e. The zero-order chi connectivity index (χ0) is 18.4. The lowest BCUT2D eigenvalue weighted by molar-refractivity contribution is -0.0466. The fourth-order valence-corrected chi connectivity index (χ4v) is 3.44. The molecule has 0 rings (SSSR count). The second-order valence-corrected chi connectivity index (χ2v) is 7.71.